The lowest BCUT2D eigenvalue weighted by atomic mass is 9.97. The third kappa shape index (κ3) is 2.68. The van der Waals surface area contributed by atoms with E-state index in [1.165, 1.54) is 0 Å². The summed E-state index contributed by atoms with van der Waals surface area (Å²) in [6.45, 7) is 5.52. The fourth-order valence-corrected chi connectivity index (χ4v) is 2.39. The molecule has 1 aliphatic rings. The predicted molar refractivity (Wildman–Crippen MR) is 71.6 cm³/mol. The Balaban J connectivity index is 2.20. The van der Waals surface area contributed by atoms with Crippen molar-refractivity contribution in [2.75, 3.05) is 0 Å². The molecule has 3 nitrogen and oxygen atoms in total. The monoisotopic (exact) mass is 267 g/mol. The summed E-state index contributed by atoms with van der Waals surface area (Å²) < 4.78 is 5.39. The molecule has 1 unspecified atom stereocenters. The molecule has 1 atom stereocenters. The topological polar surface area (TPSA) is 52.3 Å². The van der Waals surface area contributed by atoms with Crippen LogP contribution in [0.3, 0.4) is 0 Å². The molecule has 2 rings (SSSR count). The van der Waals surface area contributed by atoms with Crippen molar-refractivity contribution in [1.82, 2.24) is 0 Å². The molecule has 1 aliphatic carbocycles. The predicted octanol–water partition coefficient (Wildman–Crippen LogP) is 2.48. The summed E-state index contributed by atoms with van der Waals surface area (Å²) in [4.78, 5) is 12.2. The number of benzene rings is 1. The van der Waals surface area contributed by atoms with E-state index in [0.717, 1.165) is 11.1 Å². The fourth-order valence-electron chi connectivity index (χ4n) is 2.20. The first-order valence-corrected chi connectivity index (χ1v) is 6.37. The summed E-state index contributed by atoms with van der Waals surface area (Å²) in [6, 6.07) is 5.62. The van der Waals surface area contributed by atoms with Crippen LogP contribution in [0.15, 0.2) is 18.2 Å². The zero-order valence-corrected chi connectivity index (χ0v) is 11.7. The summed E-state index contributed by atoms with van der Waals surface area (Å²) in [5.74, 6) is -0.345. The van der Waals surface area contributed by atoms with Crippen LogP contribution < -0.4 is 5.73 Å². The second-order valence-electron chi connectivity index (χ2n) is 5.92. The molecule has 0 saturated heterocycles. The molecule has 0 heterocycles. The van der Waals surface area contributed by atoms with Crippen LogP contribution in [-0.2, 0) is 22.4 Å². The van der Waals surface area contributed by atoms with Crippen LogP contribution in [0.1, 0.15) is 31.9 Å². The van der Waals surface area contributed by atoms with E-state index >= 15 is 0 Å². The summed E-state index contributed by atoms with van der Waals surface area (Å²) in [7, 11) is 0. The standard InChI is InChI=1S/C14H18ClNO2/c1-13(2,3)18-12(17)14(16)7-9-4-5-11(15)6-10(9)8-14/h4-6H,7-8,16H2,1-3H3. The first-order valence-electron chi connectivity index (χ1n) is 5.99. The van der Waals surface area contributed by atoms with Gasteiger partial charge in [-0.05, 0) is 44.0 Å². The lowest BCUT2D eigenvalue weighted by Gasteiger charge is -2.27. The Hall–Kier alpha value is -1.06. The number of carbonyl (C=O) groups excluding carboxylic acids is 1. The average molecular weight is 268 g/mol. The van der Waals surface area contributed by atoms with E-state index in [1.807, 2.05) is 39.0 Å². The van der Waals surface area contributed by atoms with E-state index in [4.69, 9.17) is 22.1 Å². The Morgan fingerprint density at radius 1 is 1.33 bits per heavy atom. The van der Waals surface area contributed by atoms with Gasteiger partial charge >= 0.3 is 5.97 Å². The van der Waals surface area contributed by atoms with Gasteiger partial charge < -0.3 is 10.5 Å². The lowest BCUT2D eigenvalue weighted by Crippen LogP contribution is -2.51. The van der Waals surface area contributed by atoms with Crippen LogP contribution in [0.25, 0.3) is 0 Å². The molecule has 18 heavy (non-hydrogen) atoms. The van der Waals surface area contributed by atoms with Crippen molar-refractivity contribution in [2.24, 2.45) is 5.73 Å². The van der Waals surface area contributed by atoms with Gasteiger partial charge in [0.25, 0.3) is 0 Å². The van der Waals surface area contributed by atoms with E-state index in [2.05, 4.69) is 0 Å². The molecule has 0 spiro atoms. The third-order valence-corrected chi connectivity index (χ3v) is 3.22. The molecule has 0 aromatic heterocycles. The Morgan fingerprint density at radius 2 is 1.94 bits per heavy atom. The molecule has 0 radical (unpaired) electrons. The fraction of sp³-hybridized carbons (Fsp3) is 0.500. The first kappa shape index (κ1) is 13.4. The highest BCUT2D eigenvalue weighted by Gasteiger charge is 2.43. The number of esters is 1. The van der Waals surface area contributed by atoms with Crippen molar-refractivity contribution in [1.29, 1.82) is 0 Å². The number of ether oxygens (including phenoxy) is 1. The highest BCUT2D eigenvalue weighted by Crippen LogP contribution is 2.32. The summed E-state index contributed by atoms with van der Waals surface area (Å²) >= 11 is 5.95. The average Bonchev–Trinajstić information content (AvgIpc) is 2.52. The van der Waals surface area contributed by atoms with Gasteiger partial charge in [0, 0.05) is 17.9 Å². The van der Waals surface area contributed by atoms with Crippen molar-refractivity contribution in [3.63, 3.8) is 0 Å². The zero-order chi connectivity index (χ0) is 13.6. The van der Waals surface area contributed by atoms with Gasteiger partial charge in [0.2, 0.25) is 0 Å². The molecular weight excluding hydrogens is 250 g/mol. The van der Waals surface area contributed by atoms with Crippen molar-refractivity contribution < 1.29 is 9.53 Å². The Labute approximate surface area is 112 Å². The van der Waals surface area contributed by atoms with Crippen LogP contribution in [0.5, 0.6) is 0 Å². The molecule has 0 fully saturated rings. The molecule has 1 aromatic carbocycles. The van der Waals surface area contributed by atoms with E-state index in [0.29, 0.717) is 17.9 Å². The third-order valence-electron chi connectivity index (χ3n) is 2.99. The van der Waals surface area contributed by atoms with Gasteiger partial charge in [0.05, 0.1) is 0 Å². The second kappa shape index (κ2) is 4.25. The Bertz CT molecular complexity index is 493. The molecule has 1 aromatic rings. The summed E-state index contributed by atoms with van der Waals surface area (Å²) in [5.41, 5.74) is 6.83. The van der Waals surface area contributed by atoms with Gasteiger partial charge in [-0.3, -0.25) is 4.79 Å². The van der Waals surface area contributed by atoms with Crippen molar-refractivity contribution in [2.45, 2.75) is 44.8 Å². The highest BCUT2D eigenvalue weighted by atomic mass is 35.5. The van der Waals surface area contributed by atoms with Crippen LogP contribution in [0.2, 0.25) is 5.02 Å². The van der Waals surface area contributed by atoms with Gasteiger partial charge in [-0.1, -0.05) is 17.7 Å². The number of nitrogens with two attached hydrogens (primary N) is 1. The van der Waals surface area contributed by atoms with Crippen LogP contribution >= 0.6 is 11.6 Å². The Kier molecular flexibility index (Phi) is 3.16. The van der Waals surface area contributed by atoms with Gasteiger partial charge in [0.1, 0.15) is 11.1 Å². The maximum Gasteiger partial charge on any atom is 0.327 e. The quantitative estimate of drug-likeness (QED) is 0.796. The Morgan fingerprint density at radius 3 is 2.56 bits per heavy atom. The molecular formula is C14H18ClNO2. The molecule has 0 amide bonds. The van der Waals surface area contributed by atoms with E-state index < -0.39 is 11.1 Å². The smallest absolute Gasteiger partial charge is 0.327 e. The molecule has 2 N–H and O–H groups in total. The number of hydrogen-bond donors (Lipinski definition) is 1. The molecule has 98 valence electrons. The minimum atomic E-state index is -0.958. The SMILES string of the molecule is CC(C)(C)OC(=O)C1(N)Cc2ccc(Cl)cc2C1. The number of carbonyl (C=O) groups is 1. The largest absolute Gasteiger partial charge is 0.459 e. The summed E-state index contributed by atoms with van der Waals surface area (Å²) in [6.07, 6.45) is 0.992. The van der Waals surface area contributed by atoms with Gasteiger partial charge in [-0.15, -0.1) is 0 Å². The van der Waals surface area contributed by atoms with Crippen LogP contribution in [-0.4, -0.2) is 17.1 Å². The molecule has 0 aliphatic heterocycles. The maximum atomic E-state index is 12.2. The second-order valence-corrected chi connectivity index (χ2v) is 6.36. The number of halogens is 1. The number of rotatable bonds is 1. The van der Waals surface area contributed by atoms with Crippen molar-refractivity contribution >= 4 is 17.6 Å². The normalized spacial score (nSPS) is 22.7. The minimum Gasteiger partial charge on any atom is -0.459 e. The number of fused-ring (bicyclic) bond motifs is 1. The van der Waals surface area contributed by atoms with E-state index in [9.17, 15) is 4.79 Å². The van der Waals surface area contributed by atoms with Gasteiger partial charge in [0.15, 0.2) is 0 Å². The van der Waals surface area contributed by atoms with Gasteiger partial charge in [-0.25, -0.2) is 0 Å². The van der Waals surface area contributed by atoms with Crippen molar-refractivity contribution in [3.05, 3.63) is 34.3 Å². The number of hydrogen-bond acceptors (Lipinski definition) is 3. The highest BCUT2D eigenvalue weighted by molar-refractivity contribution is 6.30. The van der Waals surface area contributed by atoms with E-state index in [-0.39, 0.29) is 5.97 Å². The summed E-state index contributed by atoms with van der Waals surface area (Å²) in [5, 5.41) is 0.669. The van der Waals surface area contributed by atoms with Crippen molar-refractivity contribution in [3.8, 4) is 0 Å². The minimum absolute atomic E-state index is 0.345. The molecule has 4 heteroatoms. The van der Waals surface area contributed by atoms with E-state index in [1.54, 1.807) is 0 Å². The molecule has 0 bridgehead atoms. The molecule has 0 saturated carbocycles. The maximum absolute atomic E-state index is 12.2. The lowest BCUT2D eigenvalue weighted by molar-refractivity contribution is -0.161. The zero-order valence-electron chi connectivity index (χ0n) is 10.9. The first-order chi connectivity index (χ1) is 8.20. The van der Waals surface area contributed by atoms with Crippen LogP contribution in [0, 0.1) is 0 Å². The van der Waals surface area contributed by atoms with Gasteiger partial charge in [-0.2, -0.15) is 0 Å². The van der Waals surface area contributed by atoms with Crippen LogP contribution in [0.4, 0.5) is 0 Å².